The van der Waals surface area contributed by atoms with Gasteiger partial charge < -0.3 is 14.5 Å². The number of nitrogens with zero attached hydrogens (tertiary/aromatic N) is 5. The average Bonchev–Trinajstić information content (AvgIpc) is 2.98. The van der Waals surface area contributed by atoms with E-state index in [9.17, 15) is 9.59 Å². The molecular weight excluding hydrogens is 426 g/mol. The van der Waals surface area contributed by atoms with Crippen LogP contribution in [0.15, 0.2) is 21.5 Å². The van der Waals surface area contributed by atoms with E-state index in [0.717, 1.165) is 12.2 Å². The van der Waals surface area contributed by atoms with E-state index in [1.54, 1.807) is 22.2 Å². The van der Waals surface area contributed by atoms with Crippen LogP contribution < -0.4 is 10.5 Å². The van der Waals surface area contributed by atoms with Crippen LogP contribution in [0.1, 0.15) is 41.0 Å². The lowest BCUT2D eigenvalue weighted by molar-refractivity contribution is 0.0105. The molecule has 0 aromatic carbocycles. The third-order valence-electron chi connectivity index (χ3n) is 5.04. The highest BCUT2D eigenvalue weighted by Gasteiger charge is 2.37. The Labute approximate surface area is 173 Å². The maximum atomic E-state index is 12.7. The molecule has 2 aromatic rings. The monoisotopic (exact) mass is 453 g/mol. The van der Waals surface area contributed by atoms with E-state index in [1.807, 2.05) is 38.7 Å². The van der Waals surface area contributed by atoms with Gasteiger partial charge >= 0.3 is 6.09 Å². The van der Waals surface area contributed by atoms with E-state index in [1.165, 1.54) is 0 Å². The summed E-state index contributed by atoms with van der Waals surface area (Å²) in [5.41, 5.74) is 0.0865. The summed E-state index contributed by atoms with van der Waals surface area (Å²) in [6, 6.07) is 3.43. The second kappa shape index (κ2) is 7.42. The smallest absolute Gasteiger partial charge is 0.410 e. The molecule has 1 fully saturated rings. The molecule has 0 bridgehead atoms. The van der Waals surface area contributed by atoms with Crippen molar-refractivity contribution in [2.75, 3.05) is 18.0 Å². The largest absolute Gasteiger partial charge is 0.444 e. The highest BCUT2D eigenvalue weighted by molar-refractivity contribution is 9.10. The van der Waals surface area contributed by atoms with Crippen LogP contribution in [0.4, 0.5) is 10.6 Å². The van der Waals surface area contributed by atoms with Crippen molar-refractivity contribution in [3.8, 4) is 0 Å². The van der Waals surface area contributed by atoms with Crippen molar-refractivity contribution in [2.24, 2.45) is 7.05 Å². The van der Waals surface area contributed by atoms with Gasteiger partial charge in [0.15, 0.2) is 0 Å². The van der Waals surface area contributed by atoms with Crippen molar-refractivity contribution < 1.29 is 9.53 Å². The molecule has 3 heterocycles. The van der Waals surface area contributed by atoms with Crippen molar-refractivity contribution >= 4 is 33.5 Å². The topological polar surface area (TPSA) is 72.1 Å². The number of aryl methyl sites for hydroxylation is 1. The maximum absolute atomic E-state index is 12.7. The maximum Gasteiger partial charge on any atom is 0.410 e. The molecule has 154 valence electrons. The van der Waals surface area contributed by atoms with Crippen molar-refractivity contribution in [1.82, 2.24) is 19.1 Å². The summed E-state index contributed by atoms with van der Waals surface area (Å²) >= 11 is 3.40. The molecule has 8 nitrogen and oxygen atoms in total. The van der Waals surface area contributed by atoms with Gasteiger partial charge in [-0.3, -0.25) is 9.36 Å². The van der Waals surface area contributed by atoms with Crippen LogP contribution in [-0.2, 0) is 11.8 Å². The fraction of sp³-hybridized carbons (Fsp3) is 0.632. The number of fused-ring (bicyclic) bond motifs is 1. The van der Waals surface area contributed by atoms with E-state index in [2.05, 4.69) is 32.9 Å². The molecule has 0 spiro atoms. The second-order valence-electron chi connectivity index (χ2n) is 8.33. The molecule has 0 unspecified atom stereocenters. The molecule has 1 aliphatic heterocycles. The van der Waals surface area contributed by atoms with Gasteiger partial charge in [-0.15, -0.1) is 0 Å². The predicted molar refractivity (Wildman–Crippen MR) is 112 cm³/mol. The van der Waals surface area contributed by atoms with Crippen LogP contribution in [0.5, 0.6) is 0 Å². The SMILES string of the molecule is CC[C@@H]1CN(c2cc(=O)n(C)c3cc(Br)nn23)[C@@H](C)CN1C(=O)OC(C)(C)C. The van der Waals surface area contributed by atoms with Crippen molar-refractivity contribution in [3.05, 3.63) is 27.1 Å². The summed E-state index contributed by atoms with van der Waals surface area (Å²) in [7, 11) is 1.73. The number of carbonyl (C=O) groups is 1. The molecule has 0 saturated carbocycles. The first-order valence-corrected chi connectivity index (χ1v) is 10.3. The van der Waals surface area contributed by atoms with Gasteiger partial charge in [0.2, 0.25) is 0 Å². The fourth-order valence-corrected chi connectivity index (χ4v) is 3.95. The molecule has 1 saturated heterocycles. The van der Waals surface area contributed by atoms with Crippen LogP contribution in [0.2, 0.25) is 0 Å². The quantitative estimate of drug-likeness (QED) is 0.698. The number of amides is 1. The molecule has 0 aliphatic carbocycles. The Kier molecular flexibility index (Phi) is 5.49. The number of piperazine rings is 1. The van der Waals surface area contributed by atoms with E-state index < -0.39 is 5.60 Å². The van der Waals surface area contributed by atoms with Crippen molar-refractivity contribution in [3.63, 3.8) is 0 Å². The zero-order chi connectivity index (χ0) is 20.8. The normalized spacial score (nSPS) is 20.7. The number of carbonyl (C=O) groups excluding carboxylic acids is 1. The van der Waals surface area contributed by atoms with E-state index in [4.69, 9.17) is 4.74 Å². The molecule has 1 amide bonds. The van der Waals surface area contributed by atoms with Crippen molar-refractivity contribution in [1.29, 1.82) is 0 Å². The van der Waals surface area contributed by atoms with Gasteiger partial charge in [-0.1, -0.05) is 6.92 Å². The summed E-state index contributed by atoms with van der Waals surface area (Å²) < 4.78 is 9.61. The summed E-state index contributed by atoms with van der Waals surface area (Å²) in [5, 5.41) is 4.50. The molecule has 9 heteroatoms. The molecular formula is C19H28BrN5O3. The molecule has 2 aromatic heterocycles. The lowest BCUT2D eigenvalue weighted by Crippen LogP contribution is -2.60. The summed E-state index contributed by atoms with van der Waals surface area (Å²) in [4.78, 5) is 29.1. The van der Waals surface area contributed by atoms with Crippen LogP contribution in [0, 0.1) is 0 Å². The average molecular weight is 454 g/mol. The predicted octanol–water partition coefficient (Wildman–Crippen LogP) is 3.02. The van der Waals surface area contributed by atoms with Gasteiger partial charge in [0, 0.05) is 38.3 Å². The molecule has 28 heavy (non-hydrogen) atoms. The lowest BCUT2D eigenvalue weighted by Gasteiger charge is -2.46. The van der Waals surface area contributed by atoms with Gasteiger partial charge in [0.1, 0.15) is 21.7 Å². The first-order chi connectivity index (χ1) is 13.0. The van der Waals surface area contributed by atoms with Crippen LogP contribution >= 0.6 is 15.9 Å². The molecule has 0 N–H and O–H groups in total. The van der Waals surface area contributed by atoms with Crippen LogP contribution in [-0.4, -0.2) is 55.9 Å². The number of hydrogen-bond donors (Lipinski definition) is 0. The summed E-state index contributed by atoms with van der Waals surface area (Å²) in [5.74, 6) is 0.735. The third kappa shape index (κ3) is 3.90. The van der Waals surface area contributed by atoms with Gasteiger partial charge in [-0.2, -0.15) is 9.61 Å². The first-order valence-electron chi connectivity index (χ1n) is 9.53. The number of hydrogen-bond acceptors (Lipinski definition) is 5. The summed E-state index contributed by atoms with van der Waals surface area (Å²) in [6.45, 7) is 10.8. The van der Waals surface area contributed by atoms with Crippen LogP contribution in [0.25, 0.3) is 5.65 Å². The zero-order valence-corrected chi connectivity index (χ0v) is 18.9. The summed E-state index contributed by atoms with van der Waals surface area (Å²) in [6.07, 6.45) is 0.501. The van der Waals surface area contributed by atoms with E-state index in [-0.39, 0.29) is 23.7 Å². The van der Waals surface area contributed by atoms with Crippen molar-refractivity contribution in [2.45, 2.75) is 58.7 Å². The Bertz CT molecular complexity index is 945. The Morgan fingerprint density at radius 2 is 2.00 bits per heavy atom. The number of anilines is 1. The van der Waals surface area contributed by atoms with E-state index >= 15 is 0 Å². The minimum absolute atomic E-state index is 0.00796. The molecule has 0 radical (unpaired) electrons. The Balaban J connectivity index is 1.96. The Morgan fingerprint density at radius 3 is 2.61 bits per heavy atom. The molecule has 1 aliphatic rings. The number of halogens is 1. The lowest BCUT2D eigenvalue weighted by atomic mass is 10.1. The van der Waals surface area contributed by atoms with Gasteiger partial charge in [0.05, 0.1) is 6.04 Å². The van der Waals surface area contributed by atoms with E-state index in [0.29, 0.717) is 23.3 Å². The number of aromatic nitrogens is 3. The molecule has 3 rings (SSSR count). The zero-order valence-electron chi connectivity index (χ0n) is 17.3. The van der Waals surface area contributed by atoms with Crippen LogP contribution in [0.3, 0.4) is 0 Å². The second-order valence-corrected chi connectivity index (χ2v) is 9.15. The minimum atomic E-state index is -0.533. The fourth-order valence-electron chi connectivity index (χ4n) is 3.59. The standard InChI is InChI=1S/C19H28BrN5O3/c1-7-13-11-23(12(2)10-24(13)18(27)28-19(3,4)5)16-9-17(26)22(6)15-8-14(20)21-25(15)16/h8-9,12-13H,7,10-11H2,1-6H3/t12-,13+/m0/s1. The highest BCUT2D eigenvalue weighted by Crippen LogP contribution is 2.26. The van der Waals surface area contributed by atoms with Gasteiger partial charge in [-0.05, 0) is 50.0 Å². The third-order valence-corrected chi connectivity index (χ3v) is 5.43. The Morgan fingerprint density at radius 1 is 1.32 bits per heavy atom. The van der Waals surface area contributed by atoms with Gasteiger partial charge in [-0.25, -0.2) is 4.79 Å². The van der Waals surface area contributed by atoms with Gasteiger partial charge in [0.25, 0.3) is 5.56 Å². The Hall–Kier alpha value is -2.03. The number of rotatable bonds is 2. The highest BCUT2D eigenvalue weighted by atomic mass is 79.9. The number of ether oxygens (including phenoxy) is 1. The minimum Gasteiger partial charge on any atom is -0.444 e. The first kappa shape index (κ1) is 20.7. The molecule has 2 atom stereocenters.